The molecule has 0 unspecified atom stereocenters. The average molecular weight is 370 g/mol. The van der Waals surface area contributed by atoms with Crippen LogP contribution in [0.4, 0.5) is 0 Å². The molecular formula is C18H16BrN3O. The third-order valence-corrected chi connectivity index (χ3v) is 4.04. The number of rotatable bonds is 4. The van der Waals surface area contributed by atoms with Crippen molar-refractivity contribution in [2.75, 3.05) is 0 Å². The number of aromatic nitrogens is 2. The molecule has 0 atom stereocenters. The number of carbonyl (C=O) groups excluding carboxylic acids is 1. The van der Waals surface area contributed by atoms with E-state index in [1.807, 2.05) is 55.5 Å². The fourth-order valence-electron chi connectivity index (χ4n) is 2.17. The Morgan fingerprint density at radius 2 is 1.83 bits per heavy atom. The van der Waals surface area contributed by atoms with Crippen molar-refractivity contribution in [2.24, 2.45) is 0 Å². The van der Waals surface area contributed by atoms with Crippen LogP contribution < -0.4 is 5.32 Å². The van der Waals surface area contributed by atoms with E-state index in [0.717, 1.165) is 15.7 Å². The number of nitrogens with one attached hydrogen (secondary N) is 1. The number of benzene rings is 2. The van der Waals surface area contributed by atoms with Gasteiger partial charge in [0.25, 0.3) is 5.91 Å². The van der Waals surface area contributed by atoms with Gasteiger partial charge in [0, 0.05) is 17.2 Å². The van der Waals surface area contributed by atoms with Gasteiger partial charge in [-0.1, -0.05) is 45.8 Å². The second kappa shape index (κ2) is 6.79. The largest absolute Gasteiger partial charge is 0.348 e. The van der Waals surface area contributed by atoms with Gasteiger partial charge in [0.2, 0.25) is 0 Å². The molecule has 1 amide bonds. The fraction of sp³-hybridized carbons (Fsp3) is 0.111. The highest BCUT2D eigenvalue weighted by molar-refractivity contribution is 9.10. The first-order valence-corrected chi connectivity index (χ1v) is 8.05. The summed E-state index contributed by atoms with van der Waals surface area (Å²) in [6, 6.07) is 15.8. The molecule has 0 aliphatic rings. The first-order valence-electron chi connectivity index (χ1n) is 7.26. The maximum Gasteiger partial charge on any atom is 0.254 e. The maximum atomic E-state index is 12.2. The number of carbonyl (C=O) groups is 1. The van der Waals surface area contributed by atoms with Gasteiger partial charge in [0.05, 0.1) is 17.4 Å². The molecule has 0 aliphatic heterocycles. The summed E-state index contributed by atoms with van der Waals surface area (Å²) in [5.74, 6) is -0.131. The lowest BCUT2D eigenvalue weighted by atomic mass is 10.1. The van der Waals surface area contributed by atoms with Crippen LogP contribution in [0, 0.1) is 6.92 Å². The lowest BCUT2D eigenvalue weighted by Gasteiger charge is -2.04. The van der Waals surface area contributed by atoms with Crippen molar-refractivity contribution < 1.29 is 4.79 Å². The Kier molecular flexibility index (Phi) is 4.57. The molecular weight excluding hydrogens is 354 g/mol. The summed E-state index contributed by atoms with van der Waals surface area (Å²) < 4.78 is 2.69. The lowest BCUT2D eigenvalue weighted by molar-refractivity contribution is 0.0951. The molecule has 1 N–H and O–H groups in total. The number of amides is 1. The van der Waals surface area contributed by atoms with Crippen molar-refractivity contribution in [1.29, 1.82) is 0 Å². The Balaban J connectivity index is 1.66. The second-order valence-corrected chi connectivity index (χ2v) is 6.23. The van der Waals surface area contributed by atoms with Crippen molar-refractivity contribution in [3.63, 3.8) is 0 Å². The van der Waals surface area contributed by atoms with E-state index < -0.39 is 0 Å². The zero-order valence-electron chi connectivity index (χ0n) is 12.7. The number of nitrogens with zero attached hydrogens (tertiary/aromatic N) is 2. The monoisotopic (exact) mass is 369 g/mol. The van der Waals surface area contributed by atoms with Crippen LogP contribution in [-0.2, 0) is 6.54 Å². The first kappa shape index (κ1) is 15.5. The molecule has 0 radical (unpaired) electrons. The van der Waals surface area contributed by atoms with E-state index in [1.165, 1.54) is 5.56 Å². The summed E-state index contributed by atoms with van der Waals surface area (Å²) in [5.41, 5.74) is 3.73. The molecule has 5 heteroatoms. The summed E-state index contributed by atoms with van der Waals surface area (Å²) in [5, 5.41) is 7.15. The van der Waals surface area contributed by atoms with E-state index in [4.69, 9.17) is 0 Å². The van der Waals surface area contributed by atoms with Gasteiger partial charge >= 0.3 is 0 Å². The van der Waals surface area contributed by atoms with Gasteiger partial charge in [-0.2, -0.15) is 5.10 Å². The zero-order chi connectivity index (χ0) is 16.2. The number of aryl methyl sites for hydroxylation is 1. The smallest absolute Gasteiger partial charge is 0.254 e. The quantitative estimate of drug-likeness (QED) is 0.758. The van der Waals surface area contributed by atoms with E-state index in [-0.39, 0.29) is 5.91 Å². The van der Waals surface area contributed by atoms with Crippen LogP contribution in [0.15, 0.2) is 65.4 Å². The molecule has 23 heavy (non-hydrogen) atoms. The number of halogens is 1. The highest BCUT2D eigenvalue weighted by Gasteiger charge is 2.09. The molecule has 0 fully saturated rings. The van der Waals surface area contributed by atoms with E-state index in [2.05, 4.69) is 26.3 Å². The van der Waals surface area contributed by atoms with Crippen molar-refractivity contribution in [2.45, 2.75) is 13.5 Å². The minimum Gasteiger partial charge on any atom is -0.348 e. The summed E-state index contributed by atoms with van der Waals surface area (Å²) in [7, 11) is 0. The van der Waals surface area contributed by atoms with E-state index in [1.54, 1.807) is 17.1 Å². The minimum atomic E-state index is -0.131. The Morgan fingerprint density at radius 1 is 1.13 bits per heavy atom. The lowest BCUT2D eigenvalue weighted by Crippen LogP contribution is -2.22. The topological polar surface area (TPSA) is 46.9 Å². The van der Waals surface area contributed by atoms with Gasteiger partial charge in [0.1, 0.15) is 0 Å². The molecule has 0 saturated carbocycles. The highest BCUT2D eigenvalue weighted by atomic mass is 79.9. The molecule has 1 aromatic heterocycles. The van der Waals surface area contributed by atoms with Crippen LogP contribution in [-0.4, -0.2) is 15.7 Å². The first-order chi connectivity index (χ1) is 11.1. The number of hydrogen-bond acceptors (Lipinski definition) is 2. The third kappa shape index (κ3) is 3.87. The maximum absolute atomic E-state index is 12.2. The highest BCUT2D eigenvalue weighted by Crippen LogP contribution is 2.14. The van der Waals surface area contributed by atoms with E-state index in [9.17, 15) is 4.79 Å². The third-order valence-electron chi connectivity index (χ3n) is 3.51. The van der Waals surface area contributed by atoms with E-state index >= 15 is 0 Å². The van der Waals surface area contributed by atoms with Crippen molar-refractivity contribution in [1.82, 2.24) is 15.1 Å². The predicted octanol–water partition coefficient (Wildman–Crippen LogP) is 3.87. The summed E-state index contributed by atoms with van der Waals surface area (Å²) in [6.45, 7) is 2.54. The Hall–Kier alpha value is -2.40. The summed E-state index contributed by atoms with van der Waals surface area (Å²) >= 11 is 3.40. The predicted molar refractivity (Wildman–Crippen MR) is 93.6 cm³/mol. The minimum absolute atomic E-state index is 0.131. The molecule has 1 heterocycles. The van der Waals surface area contributed by atoms with Gasteiger partial charge in [-0.05, 0) is 36.8 Å². The van der Waals surface area contributed by atoms with Crippen LogP contribution in [0.5, 0.6) is 0 Å². The number of hydrogen-bond donors (Lipinski definition) is 1. The second-order valence-electron chi connectivity index (χ2n) is 5.32. The van der Waals surface area contributed by atoms with Crippen LogP contribution >= 0.6 is 15.9 Å². The zero-order valence-corrected chi connectivity index (χ0v) is 14.2. The molecule has 3 rings (SSSR count). The van der Waals surface area contributed by atoms with Gasteiger partial charge in [-0.15, -0.1) is 0 Å². The van der Waals surface area contributed by atoms with Crippen molar-refractivity contribution >= 4 is 21.8 Å². The van der Waals surface area contributed by atoms with Gasteiger partial charge in [-0.25, -0.2) is 4.68 Å². The molecule has 0 saturated heterocycles. The van der Waals surface area contributed by atoms with Crippen LogP contribution in [0.2, 0.25) is 0 Å². The van der Waals surface area contributed by atoms with Gasteiger partial charge in [-0.3, -0.25) is 4.79 Å². The van der Waals surface area contributed by atoms with E-state index in [0.29, 0.717) is 12.1 Å². The molecule has 116 valence electrons. The Bertz CT molecular complexity index is 807. The summed E-state index contributed by atoms with van der Waals surface area (Å²) in [4.78, 5) is 12.2. The standard InChI is InChI=1S/C18H16BrN3O/c1-13-2-4-14(5-3-13)10-20-18(23)15-11-21-22(12-15)17-8-6-16(19)7-9-17/h2-9,11-12H,10H2,1H3,(H,20,23). The summed E-state index contributed by atoms with van der Waals surface area (Å²) in [6.07, 6.45) is 3.31. The average Bonchev–Trinajstić information content (AvgIpc) is 3.05. The molecule has 4 nitrogen and oxygen atoms in total. The molecule has 0 aliphatic carbocycles. The molecule has 0 spiro atoms. The Labute approximate surface area is 143 Å². The van der Waals surface area contributed by atoms with Gasteiger partial charge < -0.3 is 5.32 Å². The molecule has 3 aromatic rings. The Morgan fingerprint density at radius 3 is 2.52 bits per heavy atom. The van der Waals surface area contributed by atoms with Crippen LogP contribution in [0.1, 0.15) is 21.5 Å². The van der Waals surface area contributed by atoms with Crippen LogP contribution in [0.25, 0.3) is 5.69 Å². The van der Waals surface area contributed by atoms with Crippen molar-refractivity contribution in [3.05, 3.63) is 82.1 Å². The SMILES string of the molecule is Cc1ccc(CNC(=O)c2cnn(-c3ccc(Br)cc3)c2)cc1. The van der Waals surface area contributed by atoms with Crippen molar-refractivity contribution in [3.8, 4) is 5.69 Å². The molecule has 2 aromatic carbocycles. The van der Waals surface area contributed by atoms with Gasteiger partial charge in [0.15, 0.2) is 0 Å². The normalized spacial score (nSPS) is 10.5. The van der Waals surface area contributed by atoms with Crippen LogP contribution in [0.3, 0.4) is 0 Å². The fourth-order valence-corrected chi connectivity index (χ4v) is 2.43. The molecule has 0 bridgehead atoms.